The summed E-state index contributed by atoms with van der Waals surface area (Å²) in [5.41, 5.74) is 9.93. The monoisotopic (exact) mass is 736 g/mol. The number of benzene rings is 3. The summed E-state index contributed by atoms with van der Waals surface area (Å²) in [6.07, 6.45) is 4.96. The van der Waals surface area contributed by atoms with Crippen LogP contribution in [0, 0.1) is 6.92 Å². The number of urea groups is 1. The highest BCUT2D eigenvalue weighted by atomic mass is 16.2. The number of hydrogen-bond donors (Lipinski definition) is 7. The number of fused-ring (bicyclic) bond motifs is 1. The number of H-pyrrole nitrogens is 1. The summed E-state index contributed by atoms with van der Waals surface area (Å²) in [7, 11) is 1.74. The first-order valence-corrected chi connectivity index (χ1v) is 18.7. The second-order valence-corrected chi connectivity index (χ2v) is 13.9. The molecule has 0 aliphatic carbocycles. The van der Waals surface area contributed by atoms with E-state index in [-0.39, 0.29) is 31.8 Å². The number of aromatic nitrogens is 1. The normalized spacial score (nSPS) is 15.8. The standard InChI is InChI=1S/C41H52N8O5/c1-27-17-19-29(20-18-27)25-46-37(50)33(15-10-21-44-41(42)54)47-38(51)34(24-30-26-45-32-14-7-6-13-31(30)32)48-39(52)36-16-8-9-22-49(36)40(53)35(43-2)23-28-11-4-3-5-12-28/h3-7,11-14,17-20,26,33-36,43,45H,8-10,15-16,21-25H2,1-2H3,(H,46,50)(H,47,51)(H,48,52)(H3,42,44,54)/t33-,34-,35-,36-/m0/s1. The van der Waals surface area contributed by atoms with Crippen molar-refractivity contribution in [2.75, 3.05) is 20.1 Å². The first-order valence-electron chi connectivity index (χ1n) is 18.7. The average Bonchev–Trinajstić information content (AvgIpc) is 3.60. The number of hydrogen-bond acceptors (Lipinski definition) is 6. The number of nitrogens with one attached hydrogen (secondary N) is 6. The van der Waals surface area contributed by atoms with Crippen LogP contribution in [0.3, 0.4) is 0 Å². The van der Waals surface area contributed by atoms with E-state index < -0.39 is 47.9 Å². The molecule has 8 N–H and O–H groups in total. The highest BCUT2D eigenvalue weighted by Gasteiger charge is 2.37. The molecule has 54 heavy (non-hydrogen) atoms. The summed E-state index contributed by atoms with van der Waals surface area (Å²) >= 11 is 0. The van der Waals surface area contributed by atoms with Crippen LogP contribution in [0.15, 0.2) is 85.1 Å². The summed E-state index contributed by atoms with van der Waals surface area (Å²) in [6, 6.07) is 21.1. The van der Waals surface area contributed by atoms with Gasteiger partial charge < -0.3 is 42.2 Å². The number of amides is 6. The van der Waals surface area contributed by atoms with Crippen LogP contribution in [-0.2, 0) is 38.6 Å². The number of carbonyl (C=O) groups is 5. The molecule has 0 saturated carbocycles. The highest BCUT2D eigenvalue weighted by molar-refractivity contribution is 5.95. The zero-order valence-corrected chi connectivity index (χ0v) is 31.0. The Morgan fingerprint density at radius 2 is 1.56 bits per heavy atom. The molecule has 2 heterocycles. The number of rotatable bonds is 17. The van der Waals surface area contributed by atoms with Crippen LogP contribution in [0.2, 0.25) is 0 Å². The zero-order chi connectivity index (χ0) is 38.5. The maximum Gasteiger partial charge on any atom is 0.312 e. The van der Waals surface area contributed by atoms with Crippen molar-refractivity contribution < 1.29 is 24.0 Å². The fourth-order valence-corrected chi connectivity index (χ4v) is 6.91. The maximum atomic E-state index is 14.3. The Hall–Kier alpha value is -5.69. The van der Waals surface area contributed by atoms with Crippen molar-refractivity contribution in [1.29, 1.82) is 0 Å². The van der Waals surface area contributed by atoms with E-state index in [4.69, 9.17) is 5.73 Å². The van der Waals surface area contributed by atoms with Gasteiger partial charge in [-0.25, -0.2) is 4.79 Å². The van der Waals surface area contributed by atoms with Gasteiger partial charge in [0.05, 0.1) is 6.04 Å². The third-order valence-corrected chi connectivity index (χ3v) is 9.94. The minimum atomic E-state index is -1.07. The predicted octanol–water partition coefficient (Wildman–Crippen LogP) is 2.97. The number of para-hydroxylation sites is 1. The van der Waals surface area contributed by atoms with E-state index in [2.05, 4.69) is 31.6 Å². The Morgan fingerprint density at radius 1 is 0.815 bits per heavy atom. The summed E-state index contributed by atoms with van der Waals surface area (Å²) < 4.78 is 0. The smallest absolute Gasteiger partial charge is 0.312 e. The Balaban J connectivity index is 1.36. The first-order chi connectivity index (χ1) is 26.1. The zero-order valence-electron chi connectivity index (χ0n) is 31.0. The Labute approximate surface area is 316 Å². The lowest BCUT2D eigenvalue weighted by Crippen LogP contribution is -2.60. The molecule has 1 aliphatic rings. The summed E-state index contributed by atoms with van der Waals surface area (Å²) in [4.78, 5) is 72.2. The van der Waals surface area contributed by atoms with E-state index in [1.807, 2.05) is 92.0 Å². The van der Waals surface area contributed by atoms with Gasteiger partial charge in [0.25, 0.3) is 0 Å². The van der Waals surface area contributed by atoms with E-state index in [0.29, 0.717) is 25.8 Å². The van der Waals surface area contributed by atoms with E-state index in [9.17, 15) is 24.0 Å². The lowest BCUT2D eigenvalue weighted by atomic mass is 9.97. The molecular formula is C41H52N8O5. The van der Waals surface area contributed by atoms with Crippen LogP contribution in [0.4, 0.5) is 4.79 Å². The molecule has 0 bridgehead atoms. The maximum absolute atomic E-state index is 14.3. The molecular weight excluding hydrogens is 685 g/mol. The van der Waals surface area contributed by atoms with E-state index in [0.717, 1.165) is 46.0 Å². The molecule has 0 spiro atoms. The van der Waals surface area contributed by atoms with Crippen molar-refractivity contribution in [3.8, 4) is 0 Å². The molecule has 4 aromatic rings. The van der Waals surface area contributed by atoms with Gasteiger partial charge in [0.1, 0.15) is 18.1 Å². The molecule has 13 nitrogen and oxygen atoms in total. The van der Waals surface area contributed by atoms with Gasteiger partial charge in [-0.15, -0.1) is 0 Å². The number of primary amides is 1. The number of nitrogens with two attached hydrogens (primary N) is 1. The van der Waals surface area contributed by atoms with Crippen LogP contribution in [-0.4, -0.2) is 83.8 Å². The summed E-state index contributed by atoms with van der Waals surface area (Å²) in [5.74, 6) is -1.55. The Morgan fingerprint density at radius 3 is 2.30 bits per heavy atom. The van der Waals surface area contributed by atoms with Crippen molar-refractivity contribution in [2.24, 2.45) is 5.73 Å². The molecule has 13 heteroatoms. The number of nitrogens with zero attached hydrogens (tertiary/aromatic N) is 1. The van der Waals surface area contributed by atoms with Gasteiger partial charge in [0.15, 0.2) is 0 Å². The molecule has 286 valence electrons. The molecule has 1 aliphatic heterocycles. The van der Waals surface area contributed by atoms with Gasteiger partial charge in [-0.1, -0.05) is 78.4 Å². The van der Waals surface area contributed by atoms with Gasteiger partial charge in [0.2, 0.25) is 23.6 Å². The molecule has 0 radical (unpaired) electrons. The molecule has 0 unspecified atom stereocenters. The largest absolute Gasteiger partial charge is 0.361 e. The van der Waals surface area contributed by atoms with E-state index in [1.54, 1.807) is 11.9 Å². The molecule has 5 rings (SSSR count). The number of likely N-dealkylation sites (N-methyl/N-ethyl adjacent to an activating group) is 1. The average molecular weight is 737 g/mol. The second kappa shape index (κ2) is 19.4. The van der Waals surface area contributed by atoms with E-state index >= 15 is 0 Å². The van der Waals surface area contributed by atoms with Crippen molar-refractivity contribution >= 4 is 40.6 Å². The van der Waals surface area contributed by atoms with Crippen molar-refractivity contribution in [1.82, 2.24) is 36.5 Å². The van der Waals surface area contributed by atoms with Crippen LogP contribution in [0.25, 0.3) is 10.9 Å². The minimum Gasteiger partial charge on any atom is -0.361 e. The number of aryl methyl sites for hydroxylation is 1. The molecule has 1 aromatic heterocycles. The number of aromatic amines is 1. The summed E-state index contributed by atoms with van der Waals surface area (Å²) in [6.45, 7) is 2.87. The number of piperidine rings is 1. The van der Waals surface area contributed by atoms with Crippen molar-refractivity contribution in [3.63, 3.8) is 0 Å². The van der Waals surface area contributed by atoms with Crippen molar-refractivity contribution in [2.45, 2.75) is 82.6 Å². The quantitative estimate of drug-likeness (QED) is 0.0816. The third kappa shape index (κ3) is 10.9. The Kier molecular flexibility index (Phi) is 14.2. The summed E-state index contributed by atoms with van der Waals surface area (Å²) in [5, 5.41) is 15.4. The SMILES string of the molecule is CN[C@@H](Cc1ccccc1)C(=O)N1CCCC[C@H]1C(=O)N[C@@H](Cc1c[nH]c2ccccc12)C(=O)N[C@@H](CCCNC(N)=O)C(=O)NCc1ccc(C)cc1. The van der Waals surface area contributed by atoms with Crippen LogP contribution < -0.4 is 32.3 Å². The highest BCUT2D eigenvalue weighted by Crippen LogP contribution is 2.22. The van der Waals surface area contributed by atoms with Crippen molar-refractivity contribution in [3.05, 3.63) is 107 Å². The van der Waals surface area contributed by atoms with E-state index in [1.165, 1.54) is 0 Å². The fraction of sp³-hybridized carbons (Fsp3) is 0.390. The number of likely N-dealkylation sites (tertiary alicyclic amines) is 1. The van der Waals surface area contributed by atoms with Crippen LogP contribution >= 0.6 is 0 Å². The third-order valence-electron chi connectivity index (χ3n) is 9.94. The molecule has 3 aromatic carbocycles. The lowest BCUT2D eigenvalue weighted by molar-refractivity contribution is -0.144. The number of carbonyl (C=O) groups excluding carboxylic acids is 5. The van der Waals surface area contributed by atoms with Gasteiger partial charge in [-0.3, -0.25) is 19.2 Å². The lowest BCUT2D eigenvalue weighted by Gasteiger charge is -2.37. The van der Waals surface area contributed by atoms with Crippen LogP contribution in [0.5, 0.6) is 0 Å². The molecule has 4 atom stereocenters. The first kappa shape index (κ1) is 39.5. The minimum absolute atomic E-state index is 0.135. The molecule has 1 saturated heterocycles. The Bertz CT molecular complexity index is 1880. The van der Waals surface area contributed by atoms with Gasteiger partial charge >= 0.3 is 6.03 Å². The predicted molar refractivity (Wildman–Crippen MR) is 208 cm³/mol. The van der Waals surface area contributed by atoms with Gasteiger partial charge in [0, 0.05) is 43.2 Å². The molecule has 1 fully saturated rings. The fourth-order valence-electron chi connectivity index (χ4n) is 6.91. The molecule has 6 amide bonds. The van der Waals surface area contributed by atoms with Gasteiger partial charge in [-0.05, 0) is 75.3 Å². The van der Waals surface area contributed by atoms with Gasteiger partial charge in [-0.2, -0.15) is 0 Å². The van der Waals surface area contributed by atoms with Crippen LogP contribution in [0.1, 0.15) is 54.4 Å². The second-order valence-electron chi connectivity index (χ2n) is 13.9. The topological polar surface area (TPSA) is 191 Å².